The van der Waals surface area contributed by atoms with Gasteiger partial charge in [-0.2, -0.15) is 0 Å². The molecule has 3 rings (SSSR count). The highest BCUT2D eigenvalue weighted by Crippen LogP contribution is 2.08. The van der Waals surface area contributed by atoms with Gasteiger partial charge in [-0.05, 0) is 11.1 Å². The SMILES string of the molecule is O=C(/C=C/C(=O)OCC(COC(=O)/C=C/C(=O)OCc1ccccc1)CN1CCOCC1)OCc1ccccc1. The maximum Gasteiger partial charge on any atom is 0.331 e. The van der Waals surface area contributed by atoms with Crippen LogP contribution in [-0.2, 0) is 56.1 Å². The van der Waals surface area contributed by atoms with Crippen molar-refractivity contribution in [3.63, 3.8) is 0 Å². The molecule has 2 aromatic rings. The highest BCUT2D eigenvalue weighted by atomic mass is 16.6. The Bertz CT molecular complexity index is 1060. The Kier molecular flexibility index (Phi) is 13.1. The first-order valence-electron chi connectivity index (χ1n) is 12.9. The second kappa shape index (κ2) is 17.3. The van der Waals surface area contributed by atoms with Crippen LogP contribution in [0, 0.1) is 5.92 Å². The maximum atomic E-state index is 12.2. The first kappa shape index (κ1) is 30.3. The van der Waals surface area contributed by atoms with E-state index >= 15 is 0 Å². The highest BCUT2D eigenvalue weighted by molar-refractivity contribution is 5.92. The Hall–Kier alpha value is -4.28. The number of esters is 4. The van der Waals surface area contributed by atoms with Crippen LogP contribution >= 0.6 is 0 Å². The van der Waals surface area contributed by atoms with Gasteiger partial charge in [0.25, 0.3) is 0 Å². The molecule has 212 valence electrons. The van der Waals surface area contributed by atoms with Gasteiger partial charge >= 0.3 is 23.9 Å². The van der Waals surface area contributed by atoms with Gasteiger partial charge in [0.15, 0.2) is 0 Å². The van der Waals surface area contributed by atoms with Gasteiger partial charge in [-0.25, -0.2) is 19.2 Å². The summed E-state index contributed by atoms with van der Waals surface area (Å²) >= 11 is 0. The summed E-state index contributed by atoms with van der Waals surface area (Å²) in [5.74, 6) is -3.14. The molecule has 2 aromatic carbocycles. The Morgan fingerprint density at radius 2 is 1.05 bits per heavy atom. The third-order valence-electron chi connectivity index (χ3n) is 5.70. The summed E-state index contributed by atoms with van der Waals surface area (Å²) in [5.41, 5.74) is 1.65. The molecule has 0 radical (unpaired) electrons. The molecule has 0 bridgehead atoms. The van der Waals surface area contributed by atoms with E-state index in [-0.39, 0.29) is 32.3 Å². The molecule has 1 aliphatic heterocycles. The Labute approximate surface area is 233 Å². The Morgan fingerprint density at radius 1 is 0.650 bits per heavy atom. The van der Waals surface area contributed by atoms with Crippen molar-refractivity contribution in [3.05, 3.63) is 96.1 Å². The molecule has 1 saturated heterocycles. The first-order valence-corrected chi connectivity index (χ1v) is 12.9. The van der Waals surface area contributed by atoms with Crippen LogP contribution in [0.4, 0.5) is 0 Å². The topological polar surface area (TPSA) is 118 Å². The van der Waals surface area contributed by atoms with E-state index in [0.29, 0.717) is 32.8 Å². The molecule has 10 nitrogen and oxygen atoms in total. The van der Waals surface area contributed by atoms with Crippen LogP contribution in [0.1, 0.15) is 11.1 Å². The predicted molar refractivity (Wildman–Crippen MR) is 143 cm³/mol. The quantitative estimate of drug-likeness (QED) is 0.197. The van der Waals surface area contributed by atoms with E-state index in [1.165, 1.54) is 0 Å². The normalized spacial score (nSPS) is 13.8. The van der Waals surface area contributed by atoms with Crippen molar-refractivity contribution in [1.82, 2.24) is 4.90 Å². The summed E-state index contributed by atoms with van der Waals surface area (Å²) in [4.78, 5) is 50.2. The number of hydrogen-bond donors (Lipinski definition) is 0. The van der Waals surface area contributed by atoms with E-state index < -0.39 is 23.9 Å². The second-order valence-corrected chi connectivity index (χ2v) is 8.89. The minimum atomic E-state index is -0.726. The molecule has 0 aliphatic carbocycles. The molecule has 0 atom stereocenters. The highest BCUT2D eigenvalue weighted by Gasteiger charge is 2.20. The molecule has 40 heavy (non-hydrogen) atoms. The van der Waals surface area contributed by atoms with Crippen LogP contribution in [0.5, 0.6) is 0 Å². The standard InChI is InChI=1S/C30H33NO9/c32-27(37-20-24-7-3-1-4-8-24)11-13-29(34)39-22-26(19-31-15-17-36-18-16-31)23-40-30(35)14-12-28(33)38-21-25-9-5-2-6-10-25/h1-14,26H,15-23H2/b13-11+,14-12+. The van der Waals surface area contributed by atoms with Crippen molar-refractivity contribution in [1.29, 1.82) is 0 Å². The van der Waals surface area contributed by atoms with Gasteiger partial charge in [-0.3, -0.25) is 4.90 Å². The summed E-state index contributed by atoms with van der Waals surface area (Å²) in [7, 11) is 0. The molecular formula is C30H33NO9. The lowest BCUT2D eigenvalue weighted by Gasteiger charge is -2.30. The van der Waals surface area contributed by atoms with Gasteiger partial charge < -0.3 is 23.7 Å². The molecule has 0 spiro atoms. The lowest BCUT2D eigenvalue weighted by atomic mass is 10.1. The van der Waals surface area contributed by atoms with Crippen molar-refractivity contribution in [2.75, 3.05) is 46.1 Å². The van der Waals surface area contributed by atoms with Gasteiger partial charge in [-0.15, -0.1) is 0 Å². The summed E-state index contributed by atoms with van der Waals surface area (Å²) < 4.78 is 26.1. The number of nitrogens with zero attached hydrogens (tertiary/aromatic N) is 1. The van der Waals surface area contributed by atoms with E-state index in [4.69, 9.17) is 23.7 Å². The Balaban J connectivity index is 1.42. The van der Waals surface area contributed by atoms with E-state index in [1.54, 1.807) is 0 Å². The summed E-state index contributed by atoms with van der Waals surface area (Å²) in [6, 6.07) is 18.3. The van der Waals surface area contributed by atoms with Crippen LogP contribution < -0.4 is 0 Å². The van der Waals surface area contributed by atoms with Crippen LogP contribution in [-0.4, -0.2) is 74.8 Å². The van der Waals surface area contributed by atoms with E-state index in [2.05, 4.69) is 4.90 Å². The van der Waals surface area contributed by atoms with Crippen LogP contribution in [0.3, 0.4) is 0 Å². The fourth-order valence-corrected chi connectivity index (χ4v) is 3.62. The monoisotopic (exact) mass is 551 g/mol. The van der Waals surface area contributed by atoms with Gasteiger partial charge in [-0.1, -0.05) is 60.7 Å². The van der Waals surface area contributed by atoms with Crippen molar-refractivity contribution in [2.45, 2.75) is 13.2 Å². The number of carbonyl (C=O) groups excluding carboxylic acids is 4. The van der Waals surface area contributed by atoms with Gasteiger partial charge in [0, 0.05) is 49.9 Å². The van der Waals surface area contributed by atoms with Crippen LogP contribution in [0.2, 0.25) is 0 Å². The number of rotatable bonds is 14. The number of carbonyl (C=O) groups is 4. The van der Waals surface area contributed by atoms with Crippen LogP contribution in [0.15, 0.2) is 85.0 Å². The first-order chi connectivity index (χ1) is 19.5. The molecule has 0 unspecified atom stereocenters. The maximum absolute atomic E-state index is 12.2. The molecular weight excluding hydrogens is 518 g/mol. The number of ether oxygens (including phenoxy) is 5. The van der Waals surface area contributed by atoms with Gasteiger partial charge in [0.1, 0.15) is 13.2 Å². The number of benzene rings is 2. The van der Waals surface area contributed by atoms with Crippen molar-refractivity contribution in [2.24, 2.45) is 5.92 Å². The van der Waals surface area contributed by atoms with Crippen molar-refractivity contribution < 1.29 is 42.9 Å². The molecule has 10 heteroatoms. The number of morpholine rings is 1. The zero-order valence-corrected chi connectivity index (χ0v) is 22.1. The molecule has 0 saturated carbocycles. The third kappa shape index (κ3) is 12.5. The van der Waals surface area contributed by atoms with Crippen molar-refractivity contribution in [3.8, 4) is 0 Å². The smallest absolute Gasteiger partial charge is 0.331 e. The summed E-state index contributed by atoms with van der Waals surface area (Å²) in [6.07, 6.45) is 4.00. The molecule has 0 amide bonds. The van der Waals surface area contributed by atoms with Crippen molar-refractivity contribution >= 4 is 23.9 Å². The minimum absolute atomic E-state index is 0.0459. The largest absolute Gasteiger partial charge is 0.462 e. The molecule has 1 heterocycles. The average Bonchev–Trinajstić information content (AvgIpc) is 2.99. The van der Waals surface area contributed by atoms with E-state index in [1.807, 2.05) is 60.7 Å². The minimum Gasteiger partial charge on any atom is -0.462 e. The Morgan fingerprint density at radius 3 is 1.48 bits per heavy atom. The second-order valence-electron chi connectivity index (χ2n) is 8.89. The number of hydrogen-bond acceptors (Lipinski definition) is 10. The lowest BCUT2D eigenvalue weighted by Crippen LogP contribution is -2.41. The summed E-state index contributed by atoms with van der Waals surface area (Å²) in [6.45, 7) is 3.12. The predicted octanol–water partition coefficient (Wildman–Crippen LogP) is 2.62. The van der Waals surface area contributed by atoms with E-state index in [0.717, 1.165) is 35.4 Å². The fraction of sp³-hybridized carbons (Fsp3) is 0.333. The molecule has 0 N–H and O–H groups in total. The van der Waals surface area contributed by atoms with E-state index in [9.17, 15) is 19.2 Å². The zero-order chi connectivity index (χ0) is 28.4. The molecule has 1 fully saturated rings. The zero-order valence-electron chi connectivity index (χ0n) is 22.1. The van der Waals surface area contributed by atoms with Gasteiger partial charge in [0.05, 0.1) is 26.4 Å². The van der Waals surface area contributed by atoms with Crippen LogP contribution in [0.25, 0.3) is 0 Å². The third-order valence-corrected chi connectivity index (χ3v) is 5.70. The van der Waals surface area contributed by atoms with Gasteiger partial charge in [0.2, 0.25) is 0 Å². The molecule has 0 aromatic heterocycles. The summed E-state index contributed by atoms with van der Waals surface area (Å²) in [5, 5.41) is 0. The average molecular weight is 552 g/mol. The molecule has 1 aliphatic rings. The lowest BCUT2D eigenvalue weighted by molar-refractivity contribution is -0.145. The fourth-order valence-electron chi connectivity index (χ4n) is 3.62.